The maximum atomic E-state index is 10.5. The van der Waals surface area contributed by atoms with Crippen molar-refractivity contribution in [3.05, 3.63) is 0 Å². The Balaban J connectivity index is 3.73. The highest BCUT2D eigenvalue weighted by Gasteiger charge is 2.12. The number of carbonyl (C=O) groups is 2. The second-order valence-corrected chi connectivity index (χ2v) is 3.64. The lowest BCUT2D eigenvalue weighted by atomic mass is 10.2. The van der Waals surface area contributed by atoms with Gasteiger partial charge in [-0.25, -0.2) is 0 Å². The topological polar surface area (TPSA) is 98.1 Å². The number of unbranched alkanes of at least 4 members (excludes halogenated alkanes) is 3. The van der Waals surface area contributed by atoms with Gasteiger partial charge in [0.1, 0.15) is 0 Å². The van der Waals surface area contributed by atoms with Crippen molar-refractivity contribution in [1.82, 2.24) is 4.90 Å². The lowest BCUT2D eigenvalue weighted by Crippen LogP contribution is -2.35. The summed E-state index contributed by atoms with van der Waals surface area (Å²) in [7, 11) is 0. The number of aliphatic hydroxyl groups is 1. The van der Waals surface area contributed by atoms with Gasteiger partial charge in [0, 0.05) is 6.61 Å². The molecule has 0 aromatic heterocycles. The zero-order chi connectivity index (χ0) is 12.4. The van der Waals surface area contributed by atoms with Crippen molar-refractivity contribution in [1.29, 1.82) is 0 Å². The molecule has 0 rings (SSSR count). The Morgan fingerprint density at radius 1 is 0.875 bits per heavy atom. The molecule has 0 radical (unpaired) electrons. The van der Waals surface area contributed by atoms with Crippen LogP contribution < -0.4 is 0 Å². The summed E-state index contributed by atoms with van der Waals surface area (Å²) in [5, 5.41) is 25.7. The fourth-order valence-electron chi connectivity index (χ4n) is 1.40. The first-order chi connectivity index (χ1) is 7.56. The number of aliphatic hydroxyl groups excluding tert-OH is 1. The van der Waals surface area contributed by atoms with Crippen LogP contribution in [0.4, 0.5) is 0 Å². The van der Waals surface area contributed by atoms with Gasteiger partial charge < -0.3 is 15.3 Å². The fourth-order valence-corrected chi connectivity index (χ4v) is 1.40. The summed E-state index contributed by atoms with van der Waals surface area (Å²) >= 11 is 0. The first-order valence-electron chi connectivity index (χ1n) is 5.33. The van der Waals surface area contributed by atoms with E-state index in [9.17, 15) is 9.59 Å². The predicted octanol–water partition coefficient (Wildman–Crippen LogP) is 0.0103. The van der Waals surface area contributed by atoms with Gasteiger partial charge in [0.05, 0.1) is 13.1 Å². The van der Waals surface area contributed by atoms with Gasteiger partial charge in [-0.05, 0) is 19.4 Å². The van der Waals surface area contributed by atoms with Crippen molar-refractivity contribution in [2.75, 3.05) is 26.2 Å². The molecule has 3 N–H and O–H groups in total. The fraction of sp³-hybridized carbons (Fsp3) is 0.800. The third-order valence-electron chi connectivity index (χ3n) is 2.10. The number of rotatable bonds is 10. The number of carboxylic acid groups (broad SMARTS) is 2. The molecule has 0 aliphatic carbocycles. The first-order valence-corrected chi connectivity index (χ1v) is 5.33. The summed E-state index contributed by atoms with van der Waals surface area (Å²) < 4.78 is 0. The first kappa shape index (κ1) is 14.9. The molecular weight excluding hydrogens is 214 g/mol. The van der Waals surface area contributed by atoms with Gasteiger partial charge in [-0.2, -0.15) is 0 Å². The number of carboxylic acids is 2. The third-order valence-corrected chi connectivity index (χ3v) is 2.10. The van der Waals surface area contributed by atoms with Crippen LogP contribution in [0, 0.1) is 0 Å². The molecule has 6 heteroatoms. The average Bonchev–Trinajstić information content (AvgIpc) is 2.15. The molecule has 0 saturated carbocycles. The van der Waals surface area contributed by atoms with Crippen LogP contribution in [0.3, 0.4) is 0 Å². The van der Waals surface area contributed by atoms with Crippen LogP contribution >= 0.6 is 0 Å². The van der Waals surface area contributed by atoms with Crippen LogP contribution in [0.2, 0.25) is 0 Å². The van der Waals surface area contributed by atoms with E-state index in [4.69, 9.17) is 15.3 Å². The lowest BCUT2D eigenvalue weighted by Gasteiger charge is -2.17. The van der Waals surface area contributed by atoms with Crippen molar-refractivity contribution in [3.8, 4) is 0 Å². The van der Waals surface area contributed by atoms with Crippen LogP contribution in [-0.4, -0.2) is 58.4 Å². The molecule has 0 aromatic rings. The third kappa shape index (κ3) is 9.42. The minimum absolute atomic E-state index is 0.161. The van der Waals surface area contributed by atoms with Gasteiger partial charge in [0.15, 0.2) is 0 Å². The molecule has 0 bridgehead atoms. The van der Waals surface area contributed by atoms with E-state index in [1.807, 2.05) is 0 Å². The van der Waals surface area contributed by atoms with Crippen LogP contribution in [0.15, 0.2) is 0 Å². The second kappa shape index (κ2) is 9.11. The van der Waals surface area contributed by atoms with Crippen molar-refractivity contribution in [3.63, 3.8) is 0 Å². The van der Waals surface area contributed by atoms with Gasteiger partial charge in [-0.3, -0.25) is 14.5 Å². The molecule has 0 spiro atoms. The molecule has 0 heterocycles. The summed E-state index contributed by atoms with van der Waals surface area (Å²) in [6.07, 6.45) is 3.24. The van der Waals surface area contributed by atoms with Crippen molar-refractivity contribution in [2.24, 2.45) is 0 Å². The number of hydrogen-bond donors (Lipinski definition) is 3. The molecule has 0 unspecified atom stereocenters. The zero-order valence-electron chi connectivity index (χ0n) is 9.26. The van der Waals surface area contributed by atoms with Gasteiger partial charge >= 0.3 is 11.9 Å². The Morgan fingerprint density at radius 2 is 1.38 bits per heavy atom. The Kier molecular flexibility index (Phi) is 8.46. The molecule has 0 saturated heterocycles. The minimum atomic E-state index is -1.02. The quantitative estimate of drug-likeness (QED) is 0.460. The molecule has 0 aliphatic heterocycles. The van der Waals surface area contributed by atoms with Gasteiger partial charge in [-0.1, -0.05) is 12.8 Å². The Morgan fingerprint density at radius 3 is 1.81 bits per heavy atom. The van der Waals surface area contributed by atoms with E-state index in [2.05, 4.69) is 0 Å². The summed E-state index contributed by atoms with van der Waals surface area (Å²) in [4.78, 5) is 22.3. The standard InChI is InChI=1S/C10H19NO5/c12-6-4-2-1-3-5-11(7-9(13)14)8-10(15)16/h12H,1-8H2,(H,13,14)(H,15,16). The van der Waals surface area contributed by atoms with E-state index in [1.165, 1.54) is 4.90 Å². The summed E-state index contributed by atoms with van der Waals surface area (Å²) in [6, 6.07) is 0. The summed E-state index contributed by atoms with van der Waals surface area (Å²) in [5.41, 5.74) is 0. The van der Waals surface area contributed by atoms with Crippen LogP contribution in [0.25, 0.3) is 0 Å². The van der Waals surface area contributed by atoms with Crippen molar-refractivity contribution < 1.29 is 24.9 Å². The Bertz CT molecular complexity index is 203. The molecule has 0 aliphatic rings. The molecule has 0 amide bonds. The number of hydrogen-bond acceptors (Lipinski definition) is 4. The van der Waals surface area contributed by atoms with E-state index in [1.54, 1.807) is 0 Å². The van der Waals surface area contributed by atoms with Crippen LogP contribution in [0.1, 0.15) is 25.7 Å². The van der Waals surface area contributed by atoms with E-state index < -0.39 is 11.9 Å². The van der Waals surface area contributed by atoms with Gasteiger partial charge in [-0.15, -0.1) is 0 Å². The highest BCUT2D eigenvalue weighted by atomic mass is 16.4. The van der Waals surface area contributed by atoms with Gasteiger partial charge in [0.2, 0.25) is 0 Å². The zero-order valence-corrected chi connectivity index (χ0v) is 9.26. The normalized spacial score (nSPS) is 10.6. The van der Waals surface area contributed by atoms with E-state index in [0.717, 1.165) is 25.7 Å². The smallest absolute Gasteiger partial charge is 0.317 e. The van der Waals surface area contributed by atoms with Crippen LogP contribution in [-0.2, 0) is 9.59 Å². The predicted molar refractivity (Wildman–Crippen MR) is 57.3 cm³/mol. The van der Waals surface area contributed by atoms with E-state index in [-0.39, 0.29) is 19.7 Å². The monoisotopic (exact) mass is 233 g/mol. The largest absolute Gasteiger partial charge is 0.480 e. The highest BCUT2D eigenvalue weighted by molar-refractivity contribution is 5.72. The van der Waals surface area contributed by atoms with Crippen molar-refractivity contribution >= 4 is 11.9 Å². The maximum Gasteiger partial charge on any atom is 0.317 e. The molecule has 16 heavy (non-hydrogen) atoms. The molecule has 6 nitrogen and oxygen atoms in total. The Labute approximate surface area is 94.5 Å². The summed E-state index contributed by atoms with van der Waals surface area (Å²) in [6.45, 7) is 0.136. The molecule has 0 atom stereocenters. The molecule has 94 valence electrons. The number of aliphatic carboxylic acids is 2. The SMILES string of the molecule is O=C(O)CN(CCCCCCO)CC(=O)O. The lowest BCUT2D eigenvalue weighted by molar-refractivity contribution is -0.141. The molecular formula is C10H19NO5. The maximum absolute atomic E-state index is 10.5. The highest BCUT2D eigenvalue weighted by Crippen LogP contribution is 2.01. The van der Waals surface area contributed by atoms with E-state index >= 15 is 0 Å². The number of nitrogens with zero attached hydrogens (tertiary/aromatic N) is 1. The minimum Gasteiger partial charge on any atom is -0.480 e. The van der Waals surface area contributed by atoms with E-state index in [0.29, 0.717) is 6.54 Å². The van der Waals surface area contributed by atoms with Crippen molar-refractivity contribution in [2.45, 2.75) is 25.7 Å². The van der Waals surface area contributed by atoms with Gasteiger partial charge in [0.25, 0.3) is 0 Å². The molecule has 0 fully saturated rings. The molecule has 0 aromatic carbocycles. The Hall–Kier alpha value is -1.14. The second-order valence-electron chi connectivity index (χ2n) is 3.64. The summed E-state index contributed by atoms with van der Waals surface area (Å²) in [5.74, 6) is -2.03. The van der Waals surface area contributed by atoms with Crippen LogP contribution in [0.5, 0.6) is 0 Å². The average molecular weight is 233 g/mol.